The number of nitrogens with one attached hydrogen (secondary N) is 1. The molecule has 3 heterocycles. The van der Waals surface area contributed by atoms with Crippen molar-refractivity contribution in [3.63, 3.8) is 0 Å². The van der Waals surface area contributed by atoms with Crippen molar-refractivity contribution in [2.45, 2.75) is 109 Å². The fourth-order valence-electron chi connectivity index (χ4n) is 6.46. The molecule has 2 aromatic carbocycles. The normalized spacial score (nSPS) is 18.4. The molecule has 2 aromatic heterocycles. The number of aromatic nitrogens is 4. The van der Waals surface area contributed by atoms with Crippen LogP contribution in [0.2, 0.25) is 18.1 Å². The van der Waals surface area contributed by atoms with Gasteiger partial charge in [-0.25, -0.2) is 24.5 Å². The number of carbonyl (C=O) groups is 3. The topological polar surface area (TPSA) is 156 Å². The first-order valence-corrected chi connectivity index (χ1v) is 21.3. The summed E-state index contributed by atoms with van der Waals surface area (Å²) in [5, 5.41) is 8.56. The molecule has 6 rings (SSSR count). The lowest BCUT2D eigenvalue weighted by Crippen LogP contribution is -2.41. The Morgan fingerprint density at radius 3 is 2.25 bits per heavy atom. The molecule has 1 spiro atoms. The maximum absolute atomic E-state index is 14.3. The number of ether oxygens (including phenoxy) is 4. The lowest BCUT2D eigenvalue weighted by atomic mass is 9.91. The SMILES string of the molecule is COc1ccc2c(c1)[C@]1(C[C@H]1c1ccc3c(Nc4cc(OCCO[Si](C)(C)C(C)(C)C)ncn4)nn(C(=O)OC(C)(C)C)c3c1)C(=O)N2C(=O)OC(C)(C)C. The Morgan fingerprint density at radius 2 is 1.60 bits per heavy atom. The summed E-state index contributed by atoms with van der Waals surface area (Å²) >= 11 is 0. The lowest BCUT2D eigenvalue weighted by Gasteiger charge is -2.36. The smallest absolute Gasteiger partial charge is 0.435 e. The van der Waals surface area contributed by atoms with Crippen molar-refractivity contribution in [3.8, 4) is 11.6 Å². The number of hydrogen-bond donors (Lipinski definition) is 1. The molecular weight excluding hydrogens is 721 g/mol. The lowest BCUT2D eigenvalue weighted by molar-refractivity contribution is -0.120. The Hall–Kier alpha value is -5.02. The van der Waals surface area contributed by atoms with Crippen LogP contribution in [-0.4, -0.2) is 77.7 Å². The van der Waals surface area contributed by atoms with Gasteiger partial charge in [0.15, 0.2) is 14.1 Å². The van der Waals surface area contributed by atoms with Gasteiger partial charge in [-0.15, -0.1) is 5.10 Å². The summed E-state index contributed by atoms with van der Waals surface area (Å²) in [5.41, 5.74) is -0.231. The molecule has 2 amide bonds. The van der Waals surface area contributed by atoms with Crippen molar-refractivity contribution in [2.75, 3.05) is 30.5 Å². The van der Waals surface area contributed by atoms with Crippen LogP contribution in [0.5, 0.6) is 11.6 Å². The van der Waals surface area contributed by atoms with Crippen LogP contribution >= 0.6 is 0 Å². The largest absolute Gasteiger partial charge is 0.497 e. The Morgan fingerprint density at radius 1 is 0.909 bits per heavy atom. The molecule has 14 nitrogen and oxygen atoms in total. The molecule has 15 heteroatoms. The standard InChI is InChI=1S/C40H52N6O8Si/c1-37(2,3)53-35(48)45-29-16-14-25(50-10)20-27(29)40(34(45)47)22-28(40)24-13-15-26-30(19-24)46(36(49)54-38(4,5)6)44-33(26)43-31-21-32(42-23-41-31)51-17-18-52-55(11,12)39(7,8)9/h13-16,19-21,23,28H,17-18,22H2,1-12H3,(H,41,42,43,44)/t28-,40-/m0/s1. The van der Waals surface area contributed by atoms with Gasteiger partial charge in [-0.3, -0.25) is 4.79 Å². The summed E-state index contributed by atoms with van der Waals surface area (Å²) in [4.78, 5) is 51.1. The summed E-state index contributed by atoms with van der Waals surface area (Å²) in [7, 11) is -0.369. The molecule has 2 atom stereocenters. The number of rotatable bonds is 9. The van der Waals surface area contributed by atoms with Crippen molar-refractivity contribution in [1.29, 1.82) is 0 Å². The Kier molecular flexibility index (Phi) is 10.0. The van der Waals surface area contributed by atoms with Crippen molar-refractivity contribution >= 4 is 54.6 Å². The van der Waals surface area contributed by atoms with E-state index in [1.807, 2.05) is 24.3 Å². The van der Waals surface area contributed by atoms with Gasteiger partial charge in [-0.1, -0.05) is 26.8 Å². The fraction of sp³-hybridized carbons (Fsp3) is 0.500. The van der Waals surface area contributed by atoms with Crippen molar-refractivity contribution in [1.82, 2.24) is 19.7 Å². The van der Waals surface area contributed by atoms with Crippen LogP contribution in [0.25, 0.3) is 10.9 Å². The van der Waals surface area contributed by atoms with E-state index in [2.05, 4.69) is 54.2 Å². The first-order valence-electron chi connectivity index (χ1n) is 18.4. The second-order valence-electron chi connectivity index (χ2n) is 17.6. The zero-order chi connectivity index (χ0) is 40.3. The zero-order valence-electron chi connectivity index (χ0n) is 33.8. The molecule has 1 fully saturated rings. The molecule has 4 aromatic rings. The number of anilines is 3. The summed E-state index contributed by atoms with van der Waals surface area (Å²) in [5.74, 6) is 0.990. The highest BCUT2D eigenvalue weighted by Gasteiger charge is 2.68. The van der Waals surface area contributed by atoms with E-state index in [4.69, 9.17) is 23.4 Å². The summed E-state index contributed by atoms with van der Waals surface area (Å²) in [6.07, 6.45) is 0.409. The average molecular weight is 773 g/mol. The van der Waals surface area contributed by atoms with E-state index in [1.165, 1.54) is 11.0 Å². The molecule has 0 bridgehead atoms. The van der Waals surface area contributed by atoms with E-state index in [0.29, 0.717) is 65.1 Å². The Balaban J connectivity index is 1.31. The zero-order valence-corrected chi connectivity index (χ0v) is 34.8. The van der Waals surface area contributed by atoms with Crippen molar-refractivity contribution in [2.24, 2.45) is 0 Å². The number of benzene rings is 2. The number of fused-ring (bicyclic) bond motifs is 3. The molecule has 0 saturated heterocycles. The van der Waals surface area contributed by atoms with E-state index in [9.17, 15) is 14.4 Å². The van der Waals surface area contributed by atoms with Gasteiger partial charge >= 0.3 is 12.2 Å². The minimum Gasteiger partial charge on any atom is -0.497 e. The fourth-order valence-corrected chi connectivity index (χ4v) is 7.49. The molecule has 1 N–H and O–H groups in total. The van der Waals surface area contributed by atoms with Crippen LogP contribution in [-0.2, 0) is 24.1 Å². The van der Waals surface area contributed by atoms with Crippen LogP contribution in [0.3, 0.4) is 0 Å². The quantitative estimate of drug-likeness (QED) is 0.128. The summed E-state index contributed by atoms with van der Waals surface area (Å²) < 4.78 is 30.3. The minimum atomic E-state index is -1.92. The third-order valence-electron chi connectivity index (χ3n) is 10.2. The second kappa shape index (κ2) is 13.9. The summed E-state index contributed by atoms with van der Waals surface area (Å²) in [6, 6.07) is 12.5. The monoisotopic (exact) mass is 772 g/mol. The third kappa shape index (κ3) is 7.90. The van der Waals surface area contributed by atoms with Gasteiger partial charge < -0.3 is 28.7 Å². The van der Waals surface area contributed by atoms with Gasteiger partial charge in [0.05, 0.1) is 30.3 Å². The van der Waals surface area contributed by atoms with E-state index in [0.717, 1.165) is 10.5 Å². The van der Waals surface area contributed by atoms with Crippen molar-refractivity contribution in [3.05, 3.63) is 59.9 Å². The van der Waals surface area contributed by atoms with Crippen LogP contribution in [0.4, 0.5) is 26.9 Å². The molecular formula is C40H52N6O8Si. The van der Waals surface area contributed by atoms with E-state index < -0.39 is 37.1 Å². The Bertz CT molecular complexity index is 2150. The maximum atomic E-state index is 14.3. The van der Waals surface area contributed by atoms with Gasteiger partial charge in [0.25, 0.3) is 0 Å². The number of nitrogens with zero attached hydrogens (tertiary/aromatic N) is 5. The van der Waals surface area contributed by atoms with Gasteiger partial charge in [-0.2, -0.15) is 4.68 Å². The van der Waals surface area contributed by atoms with E-state index >= 15 is 0 Å². The highest BCUT2D eigenvalue weighted by Crippen LogP contribution is 2.67. The third-order valence-corrected chi connectivity index (χ3v) is 14.7. The molecule has 0 unspecified atom stereocenters. The predicted octanol–water partition coefficient (Wildman–Crippen LogP) is 8.47. The molecule has 2 aliphatic rings. The van der Waals surface area contributed by atoms with Crippen LogP contribution in [0, 0.1) is 0 Å². The summed E-state index contributed by atoms with van der Waals surface area (Å²) in [6.45, 7) is 22.3. The molecule has 1 saturated carbocycles. The average Bonchev–Trinajstić information content (AvgIpc) is 3.66. The first-order chi connectivity index (χ1) is 25.5. The van der Waals surface area contributed by atoms with Gasteiger partial charge in [-0.05, 0) is 108 Å². The number of methoxy groups -OCH3 is 1. The molecule has 0 radical (unpaired) electrons. The highest BCUT2D eigenvalue weighted by atomic mass is 28.4. The molecule has 1 aliphatic heterocycles. The van der Waals surface area contributed by atoms with Crippen LogP contribution in [0.15, 0.2) is 48.8 Å². The number of carbonyl (C=O) groups excluding carboxylic acids is 3. The van der Waals surface area contributed by atoms with Gasteiger partial charge in [0.2, 0.25) is 11.8 Å². The van der Waals surface area contributed by atoms with Gasteiger partial charge in [0, 0.05) is 17.4 Å². The minimum absolute atomic E-state index is 0.0851. The first kappa shape index (κ1) is 39.7. The molecule has 1 aliphatic carbocycles. The number of imide groups is 1. The maximum Gasteiger partial charge on any atom is 0.435 e. The second-order valence-corrected chi connectivity index (χ2v) is 22.4. The number of amides is 2. The van der Waals surface area contributed by atoms with Crippen LogP contribution in [0.1, 0.15) is 85.8 Å². The van der Waals surface area contributed by atoms with E-state index in [-0.39, 0.29) is 16.9 Å². The van der Waals surface area contributed by atoms with E-state index in [1.54, 1.807) is 66.9 Å². The van der Waals surface area contributed by atoms with Gasteiger partial charge in [0.1, 0.15) is 35.7 Å². The molecule has 294 valence electrons. The molecule has 55 heavy (non-hydrogen) atoms. The van der Waals surface area contributed by atoms with Crippen LogP contribution < -0.4 is 19.7 Å². The highest BCUT2D eigenvalue weighted by molar-refractivity contribution is 6.74. The number of hydrogen-bond acceptors (Lipinski definition) is 12. The Labute approximate surface area is 323 Å². The predicted molar refractivity (Wildman–Crippen MR) is 211 cm³/mol. The van der Waals surface area contributed by atoms with Crippen molar-refractivity contribution < 1.29 is 37.8 Å².